The highest BCUT2D eigenvalue weighted by atomic mass is 28.4. The van der Waals surface area contributed by atoms with Crippen molar-refractivity contribution in [1.82, 2.24) is 4.90 Å². The number of ketones is 1. The minimum Gasteiger partial charge on any atom is -0.455 e. The van der Waals surface area contributed by atoms with Crippen LogP contribution in [0.4, 0.5) is 4.79 Å². The molecule has 3 aliphatic carbocycles. The van der Waals surface area contributed by atoms with E-state index in [1.54, 1.807) is 94.4 Å². The van der Waals surface area contributed by atoms with Crippen LogP contribution in [0.1, 0.15) is 107 Å². The number of ether oxygens (including phenoxy) is 6. The summed E-state index contributed by atoms with van der Waals surface area (Å²) in [6.07, 6.45) is -10.2. The highest BCUT2D eigenvalue weighted by Crippen LogP contribution is 2.65. The lowest BCUT2D eigenvalue weighted by atomic mass is 9.44. The minimum absolute atomic E-state index is 0.0689. The van der Waals surface area contributed by atoms with Crippen LogP contribution in [-0.4, -0.2) is 114 Å². The summed E-state index contributed by atoms with van der Waals surface area (Å²) in [6, 6.07) is 25.2. The lowest BCUT2D eigenvalue weighted by Crippen LogP contribution is -2.82. The van der Waals surface area contributed by atoms with Crippen molar-refractivity contribution in [2.24, 2.45) is 16.7 Å². The number of cyclic esters (lactones) is 1. The fourth-order valence-electron chi connectivity index (χ4n) is 12.2. The monoisotopic (exact) mass is 993 g/mol. The molecule has 2 amide bonds. The second-order valence-electron chi connectivity index (χ2n) is 20.2. The molecule has 11 atom stereocenters. The summed E-state index contributed by atoms with van der Waals surface area (Å²) in [6.45, 7) is 14.7. The number of Topliss-reactive ketones (excluding diaryl/α,β-unsaturated/α-hetero) is 1. The van der Waals surface area contributed by atoms with E-state index < -0.39 is 127 Å². The van der Waals surface area contributed by atoms with E-state index in [2.05, 4.69) is 0 Å². The van der Waals surface area contributed by atoms with Gasteiger partial charge in [0.1, 0.15) is 30.0 Å². The van der Waals surface area contributed by atoms with Gasteiger partial charge in [0.05, 0.1) is 29.6 Å². The van der Waals surface area contributed by atoms with Gasteiger partial charge in [-0.2, -0.15) is 0 Å². The maximum Gasteiger partial charge on any atom is 0.418 e. The van der Waals surface area contributed by atoms with Crippen molar-refractivity contribution in [3.05, 3.63) is 119 Å². The zero-order valence-corrected chi connectivity index (χ0v) is 42.6. The van der Waals surface area contributed by atoms with Gasteiger partial charge < -0.3 is 38.0 Å². The zero-order valence-electron chi connectivity index (χ0n) is 41.6. The van der Waals surface area contributed by atoms with Gasteiger partial charge in [0.25, 0.3) is 5.91 Å². The summed E-state index contributed by atoms with van der Waals surface area (Å²) in [5, 5.41) is 14.2. The van der Waals surface area contributed by atoms with Crippen molar-refractivity contribution in [2.45, 2.75) is 147 Å². The number of amides is 2. The van der Waals surface area contributed by atoms with Gasteiger partial charge in [-0.05, 0) is 73.0 Å². The predicted molar refractivity (Wildman–Crippen MR) is 257 cm³/mol. The number of esters is 4. The molecule has 0 radical (unpaired) electrons. The van der Waals surface area contributed by atoms with E-state index in [9.17, 15) is 33.9 Å². The van der Waals surface area contributed by atoms with Crippen LogP contribution < -0.4 is 0 Å². The fraction of sp³-hybridized carbons (Fsp3) is 0.500. The van der Waals surface area contributed by atoms with Crippen LogP contribution in [0.25, 0.3) is 0 Å². The Labute approximate surface area is 414 Å². The van der Waals surface area contributed by atoms with E-state index in [0.717, 1.165) is 11.8 Å². The number of benzene rings is 3. The average molecular weight is 994 g/mol. The highest BCUT2D eigenvalue weighted by molar-refractivity contribution is 6.73. The molecule has 2 saturated carbocycles. The molecule has 16 nitrogen and oxygen atoms in total. The third-order valence-corrected chi connectivity index (χ3v) is 21.0. The molecule has 3 aromatic rings. The van der Waals surface area contributed by atoms with Crippen LogP contribution in [0, 0.1) is 16.7 Å². The van der Waals surface area contributed by atoms with E-state index in [1.165, 1.54) is 31.2 Å². The molecule has 378 valence electrons. The van der Waals surface area contributed by atoms with Gasteiger partial charge in [0.15, 0.2) is 25.8 Å². The maximum absolute atomic E-state index is 16.4. The smallest absolute Gasteiger partial charge is 0.418 e. The van der Waals surface area contributed by atoms with Gasteiger partial charge in [-0.15, -0.1) is 0 Å². The van der Waals surface area contributed by atoms with Crippen molar-refractivity contribution >= 4 is 50.0 Å². The summed E-state index contributed by atoms with van der Waals surface area (Å²) in [7, 11) is -2.65. The Bertz CT molecular complexity index is 2610. The van der Waals surface area contributed by atoms with Gasteiger partial charge in [0.2, 0.25) is 6.10 Å². The number of imide groups is 1. The minimum atomic E-state index is -2.65. The molecule has 2 bridgehead atoms. The molecule has 2 heterocycles. The van der Waals surface area contributed by atoms with E-state index in [1.807, 2.05) is 20.8 Å². The molecule has 0 unspecified atom stereocenters. The quantitative estimate of drug-likeness (QED) is 0.0756. The van der Waals surface area contributed by atoms with Crippen molar-refractivity contribution in [3.63, 3.8) is 0 Å². The molecular weight excluding hydrogens is 931 g/mol. The number of hydrogen-bond donors (Lipinski definition) is 1. The van der Waals surface area contributed by atoms with Gasteiger partial charge in [-0.3, -0.25) is 19.2 Å². The molecule has 2 saturated heterocycles. The van der Waals surface area contributed by atoms with E-state index in [4.69, 9.17) is 32.8 Å². The van der Waals surface area contributed by atoms with Crippen LogP contribution >= 0.6 is 0 Å². The number of rotatable bonds is 13. The van der Waals surface area contributed by atoms with E-state index in [0.29, 0.717) is 23.7 Å². The van der Waals surface area contributed by atoms with Gasteiger partial charge in [-0.25, -0.2) is 19.3 Å². The number of hydrogen-bond acceptors (Lipinski definition) is 15. The number of aliphatic hydroxyl groups is 1. The Hall–Kier alpha value is -6.01. The van der Waals surface area contributed by atoms with Gasteiger partial charge in [0, 0.05) is 37.7 Å². The normalized spacial score (nSPS) is 31.9. The molecule has 0 spiro atoms. The lowest BCUT2D eigenvalue weighted by Gasteiger charge is -2.68. The fourth-order valence-corrected chi connectivity index (χ4v) is 15.2. The Morgan fingerprint density at radius 2 is 1.37 bits per heavy atom. The Kier molecular flexibility index (Phi) is 13.9. The predicted octanol–water partition coefficient (Wildman–Crippen LogP) is 7.64. The topological polar surface area (TPSA) is 208 Å². The third-order valence-electron chi connectivity index (χ3n) is 16.3. The molecular formula is C54H63NO15Si. The zero-order chi connectivity index (χ0) is 51.4. The molecule has 3 aromatic carbocycles. The first-order valence-electron chi connectivity index (χ1n) is 24.4. The standard InChI is InChI=1S/C54H63NO15Si/c1-10-71(11-2,12-3)70-38-28-39-53(30-64-39,69-33(6)57)44-46(68-48(60)36-26-20-15-21-27-36)54(63)29-37(31(4)40(51(54,7)8)42(65-32(5)56)45(58)52(38,44)9)66-49(61)43-41(34-22-16-13-17-23-34)55(50(62)67-43)47(59)35-24-18-14-19-25-35/h13-27,37-39,41-44,46,63H,10-12,28-30H2,1-9H3/t37-,38-,39+,41-,42+,43+,44-,46-,52+,53-,54+/m0/s1. The van der Waals surface area contributed by atoms with Crippen LogP contribution in [0.2, 0.25) is 18.1 Å². The number of nitrogens with zero attached hydrogens (tertiary/aromatic N) is 1. The summed E-state index contributed by atoms with van der Waals surface area (Å²) in [5.41, 5.74) is -6.63. The third kappa shape index (κ3) is 8.41. The van der Waals surface area contributed by atoms with E-state index >= 15 is 4.79 Å². The second kappa shape index (κ2) is 19.2. The number of carbonyl (C=O) groups excluding carboxylic acids is 7. The van der Waals surface area contributed by atoms with Crippen molar-refractivity contribution in [2.75, 3.05) is 6.61 Å². The van der Waals surface area contributed by atoms with Crippen LogP contribution in [0.5, 0.6) is 0 Å². The number of carbonyl (C=O) groups is 7. The molecule has 4 fully saturated rings. The Balaban J connectivity index is 1.33. The SMILES string of the molecule is CC[Si](CC)(CC)O[C@H]1C[C@H]2OC[C@@]2(OC(C)=O)[C@H]2[C@H](OC(=O)c3ccccc3)[C@]3(O)C[C@H](OC(=O)[C@@H]4OC(=O)N(C(=O)c5ccccc5)[C@H]4c4ccccc4)C(C)=C([C@@H](OC(C)=O)C(=O)[C@]12C)C3(C)C. The Morgan fingerprint density at radius 3 is 1.90 bits per heavy atom. The van der Waals surface area contributed by atoms with Crippen LogP contribution in [-0.2, 0) is 52.0 Å². The lowest BCUT2D eigenvalue weighted by molar-refractivity contribution is -0.344. The van der Waals surface area contributed by atoms with Crippen molar-refractivity contribution in [3.8, 4) is 0 Å². The van der Waals surface area contributed by atoms with E-state index in [-0.39, 0.29) is 35.3 Å². The largest absolute Gasteiger partial charge is 0.455 e. The second-order valence-corrected chi connectivity index (χ2v) is 24.9. The molecule has 71 heavy (non-hydrogen) atoms. The van der Waals surface area contributed by atoms with Gasteiger partial charge in [-0.1, -0.05) is 101 Å². The summed E-state index contributed by atoms with van der Waals surface area (Å²) in [4.78, 5) is 102. The van der Waals surface area contributed by atoms with Crippen LogP contribution in [0.15, 0.2) is 102 Å². The molecule has 1 N–H and O–H groups in total. The maximum atomic E-state index is 16.4. The average Bonchev–Trinajstić information content (AvgIpc) is 3.70. The first-order chi connectivity index (χ1) is 33.6. The summed E-state index contributed by atoms with van der Waals surface area (Å²) in [5.74, 6) is -6.39. The van der Waals surface area contributed by atoms with Gasteiger partial charge >= 0.3 is 30.0 Å². The summed E-state index contributed by atoms with van der Waals surface area (Å²) < 4.78 is 44.9. The van der Waals surface area contributed by atoms with Crippen LogP contribution in [0.3, 0.4) is 0 Å². The molecule has 5 aliphatic rings. The Morgan fingerprint density at radius 1 is 0.789 bits per heavy atom. The molecule has 0 aromatic heterocycles. The highest BCUT2D eigenvalue weighted by Gasteiger charge is 2.79. The first-order valence-corrected chi connectivity index (χ1v) is 26.9. The first kappa shape index (κ1) is 51.3. The molecule has 17 heteroatoms. The van der Waals surface area contributed by atoms with Crippen molar-refractivity contribution in [1.29, 1.82) is 0 Å². The molecule has 2 aliphatic heterocycles. The number of fused-ring (bicyclic) bond motifs is 5. The van der Waals surface area contributed by atoms with Crippen molar-refractivity contribution < 1.29 is 71.5 Å². The summed E-state index contributed by atoms with van der Waals surface area (Å²) >= 11 is 0. The molecule has 8 rings (SSSR count).